The molecule has 1 saturated heterocycles. The zero-order valence-electron chi connectivity index (χ0n) is 11.6. The third-order valence-electron chi connectivity index (χ3n) is 3.87. The number of carbonyl (C=O) groups excluding carboxylic acids is 4. The molecule has 1 atom stereocenters. The summed E-state index contributed by atoms with van der Waals surface area (Å²) in [5.41, 5.74) is 0.510. The number of rotatable bonds is 2. The lowest BCUT2D eigenvalue weighted by Crippen LogP contribution is -2.45. The Morgan fingerprint density at radius 1 is 1.04 bits per heavy atom. The molecule has 0 radical (unpaired) electrons. The molecule has 114 valence electrons. The smallest absolute Gasteiger partial charge is 0.262 e. The van der Waals surface area contributed by atoms with Gasteiger partial charge in [-0.05, 0) is 12.1 Å². The maximum absolute atomic E-state index is 12.6. The van der Waals surface area contributed by atoms with Crippen LogP contribution >= 0.6 is 11.3 Å². The number of aromatic nitrogens is 1. The standard InChI is InChI=1S/C15H9N3O4S/c19-11-7-10(14(22)18(11)15-16-5-6-23-15)17-12(20)8-3-1-2-4-9(8)13(17)21/h1-6,10H,7H2. The van der Waals surface area contributed by atoms with Crippen LogP contribution in [-0.4, -0.2) is 39.6 Å². The van der Waals surface area contributed by atoms with E-state index in [0.29, 0.717) is 0 Å². The van der Waals surface area contributed by atoms with Crippen LogP contribution < -0.4 is 4.90 Å². The Hall–Kier alpha value is -2.87. The predicted octanol–water partition coefficient (Wildman–Crippen LogP) is 1.07. The first-order valence-corrected chi connectivity index (χ1v) is 7.71. The van der Waals surface area contributed by atoms with E-state index in [1.54, 1.807) is 17.5 Å². The second kappa shape index (κ2) is 4.82. The van der Waals surface area contributed by atoms with E-state index in [-0.39, 0.29) is 22.7 Å². The second-order valence-corrected chi connectivity index (χ2v) is 6.00. The van der Waals surface area contributed by atoms with Gasteiger partial charge in [0.1, 0.15) is 6.04 Å². The number of carbonyl (C=O) groups is 4. The van der Waals surface area contributed by atoms with Gasteiger partial charge in [-0.25, -0.2) is 9.88 Å². The zero-order chi connectivity index (χ0) is 16.1. The molecule has 8 heteroatoms. The number of thiazole rings is 1. The van der Waals surface area contributed by atoms with Crippen molar-refractivity contribution >= 4 is 40.1 Å². The summed E-state index contributed by atoms with van der Waals surface area (Å²) in [6, 6.07) is 5.26. The fourth-order valence-electron chi connectivity index (χ4n) is 2.84. The number of hydrogen-bond donors (Lipinski definition) is 0. The summed E-state index contributed by atoms with van der Waals surface area (Å²) < 4.78 is 0. The van der Waals surface area contributed by atoms with Crippen molar-refractivity contribution < 1.29 is 19.2 Å². The minimum atomic E-state index is -1.11. The SMILES string of the molecule is O=C1CC(N2C(=O)c3ccccc3C2=O)C(=O)N1c1nccs1. The van der Waals surface area contributed by atoms with Gasteiger partial charge in [-0.3, -0.25) is 24.1 Å². The van der Waals surface area contributed by atoms with Crippen molar-refractivity contribution in [1.29, 1.82) is 0 Å². The molecular weight excluding hydrogens is 318 g/mol. The Bertz CT molecular complexity index is 826. The van der Waals surface area contributed by atoms with E-state index < -0.39 is 29.7 Å². The molecule has 4 rings (SSSR count). The summed E-state index contributed by atoms with van der Waals surface area (Å²) in [7, 11) is 0. The average Bonchev–Trinajstić information content (AvgIpc) is 3.21. The fraction of sp³-hybridized carbons (Fsp3) is 0.133. The highest BCUT2D eigenvalue weighted by Gasteiger charge is 2.50. The van der Waals surface area contributed by atoms with E-state index >= 15 is 0 Å². The molecule has 4 amide bonds. The number of fused-ring (bicyclic) bond motifs is 1. The van der Waals surface area contributed by atoms with Crippen LogP contribution in [0.3, 0.4) is 0 Å². The summed E-state index contributed by atoms with van der Waals surface area (Å²) in [5.74, 6) is -2.15. The Labute approximate surface area is 134 Å². The van der Waals surface area contributed by atoms with Crippen LogP contribution in [0.2, 0.25) is 0 Å². The first-order chi connectivity index (χ1) is 11.1. The lowest BCUT2D eigenvalue weighted by atomic mass is 10.1. The van der Waals surface area contributed by atoms with Gasteiger partial charge in [0.25, 0.3) is 17.7 Å². The van der Waals surface area contributed by atoms with Gasteiger partial charge in [0, 0.05) is 11.6 Å². The molecule has 0 bridgehead atoms. The monoisotopic (exact) mass is 327 g/mol. The van der Waals surface area contributed by atoms with Crippen LogP contribution in [0, 0.1) is 0 Å². The maximum Gasteiger partial charge on any atom is 0.262 e. The Kier molecular flexibility index (Phi) is 2.88. The van der Waals surface area contributed by atoms with Crippen LogP contribution in [-0.2, 0) is 9.59 Å². The lowest BCUT2D eigenvalue weighted by molar-refractivity contribution is -0.122. The molecule has 1 unspecified atom stereocenters. The third kappa shape index (κ3) is 1.85. The highest BCUT2D eigenvalue weighted by atomic mass is 32.1. The number of nitrogens with zero attached hydrogens (tertiary/aromatic N) is 3. The molecular formula is C15H9N3O4S. The summed E-state index contributed by atoms with van der Waals surface area (Å²) in [6.45, 7) is 0. The van der Waals surface area contributed by atoms with E-state index in [2.05, 4.69) is 4.98 Å². The van der Waals surface area contributed by atoms with E-state index in [1.807, 2.05) is 0 Å². The Balaban J connectivity index is 1.71. The van der Waals surface area contributed by atoms with E-state index in [0.717, 1.165) is 21.1 Å². The first kappa shape index (κ1) is 13.8. The molecule has 1 aromatic carbocycles. The lowest BCUT2D eigenvalue weighted by Gasteiger charge is -2.19. The molecule has 1 fully saturated rings. The van der Waals surface area contributed by atoms with Crippen LogP contribution in [0.5, 0.6) is 0 Å². The minimum absolute atomic E-state index is 0.218. The summed E-state index contributed by atoms with van der Waals surface area (Å²) >= 11 is 1.15. The quantitative estimate of drug-likeness (QED) is 0.770. The van der Waals surface area contributed by atoms with Gasteiger partial charge in [-0.1, -0.05) is 12.1 Å². The zero-order valence-corrected chi connectivity index (χ0v) is 12.4. The summed E-state index contributed by atoms with van der Waals surface area (Å²) in [5, 5.41) is 1.89. The minimum Gasteiger partial charge on any atom is -0.274 e. The van der Waals surface area contributed by atoms with Gasteiger partial charge in [-0.2, -0.15) is 0 Å². The van der Waals surface area contributed by atoms with E-state index in [9.17, 15) is 19.2 Å². The number of benzene rings is 1. The Morgan fingerprint density at radius 2 is 1.70 bits per heavy atom. The number of hydrogen-bond acceptors (Lipinski definition) is 6. The summed E-state index contributed by atoms with van der Waals surface area (Å²) in [4.78, 5) is 55.4. The molecule has 7 nitrogen and oxygen atoms in total. The largest absolute Gasteiger partial charge is 0.274 e. The van der Waals surface area contributed by atoms with Gasteiger partial charge in [-0.15, -0.1) is 11.3 Å². The molecule has 0 N–H and O–H groups in total. The Morgan fingerprint density at radius 3 is 2.26 bits per heavy atom. The molecule has 0 aliphatic carbocycles. The van der Waals surface area contributed by atoms with Crippen molar-refractivity contribution in [2.45, 2.75) is 12.5 Å². The highest BCUT2D eigenvalue weighted by Crippen LogP contribution is 2.32. The van der Waals surface area contributed by atoms with Crippen LogP contribution in [0.1, 0.15) is 27.1 Å². The summed E-state index contributed by atoms with van der Waals surface area (Å²) in [6.07, 6.45) is 1.26. The van der Waals surface area contributed by atoms with Gasteiger partial charge in [0.05, 0.1) is 17.5 Å². The molecule has 0 saturated carbocycles. The van der Waals surface area contributed by atoms with Gasteiger partial charge in [0.15, 0.2) is 5.13 Å². The predicted molar refractivity (Wildman–Crippen MR) is 80.0 cm³/mol. The number of amides is 4. The average molecular weight is 327 g/mol. The molecule has 2 aromatic rings. The second-order valence-electron chi connectivity index (χ2n) is 5.13. The number of anilines is 1. The van der Waals surface area contributed by atoms with Crippen molar-refractivity contribution in [2.24, 2.45) is 0 Å². The number of imide groups is 2. The maximum atomic E-state index is 12.6. The topological polar surface area (TPSA) is 87.7 Å². The molecule has 1 aromatic heterocycles. The molecule has 2 aliphatic rings. The molecule has 23 heavy (non-hydrogen) atoms. The van der Waals surface area contributed by atoms with Crippen LogP contribution in [0.4, 0.5) is 5.13 Å². The van der Waals surface area contributed by atoms with Crippen molar-refractivity contribution in [2.75, 3.05) is 4.90 Å². The molecule has 3 heterocycles. The van der Waals surface area contributed by atoms with Crippen molar-refractivity contribution in [3.63, 3.8) is 0 Å². The third-order valence-corrected chi connectivity index (χ3v) is 4.63. The normalized spacial score (nSPS) is 20.6. The van der Waals surface area contributed by atoms with Crippen molar-refractivity contribution in [1.82, 2.24) is 9.88 Å². The van der Waals surface area contributed by atoms with E-state index in [1.165, 1.54) is 18.3 Å². The van der Waals surface area contributed by atoms with Crippen LogP contribution in [0.15, 0.2) is 35.8 Å². The van der Waals surface area contributed by atoms with Crippen molar-refractivity contribution in [3.05, 3.63) is 47.0 Å². The van der Waals surface area contributed by atoms with E-state index in [4.69, 9.17) is 0 Å². The molecule has 0 spiro atoms. The highest BCUT2D eigenvalue weighted by molar-refractivity contribution is 7.14. The first-order valence-electron chi connectivity index (χ1n) is 6.83. The van der Waals surface area contributed by atoms with Crippen LogP contribution in [0.25, 0.3) is 0 Å². The molecule has 2 aliphatic heterocycles. The van der Waals surface area contributed by atoms with Gasteiger partial charge < -0.3 is 0 Å². The van der Waals surface area contributed by atoms with Crippen molar-refractivity contribution in [3.8, 4) is 0 Å². The fourth-order valence-corrected chi connectivity index (χ4v) is 3.50. The van der Waals surface area contributed by atoms with Gasteiger partial charge >= 0.3 is 0 Å². The van der Waals surface area contributed by atoms with Gasteiger partial charge in [0.2, 0.25) is 5.91 Å².